The number of primary amides is 1. The van der Waals surface area contributed by atoms with Gasteiger partial charge in [0.2, 0.25) is 5.91 Å². The second-order valence-electron chi connectivity index (χ2n) is 4.55. The van der Waals surface area contributed by atoms with Crippen LogP contribution in [0, 0.1) is 5.92 Å². The van der Waals surface area contributed by atoms with Gasteiger partial charge in [-0.05, 0) is 32.9 Å². The molecule has 5 heteroatoms. The Hall–Kier alpha value is -0.650. The van der Waals surface area contributed by atoms with Gasteiger partial charge >= 0.3 is 0 Å². The third-order valence-electron chi connectivity index (χ3n) is 3.01. The molecule has 0 saturated carbocycles. The van der Waals surface area contributed by atoms with E-state index in [4.69, 9.17) is 10.5 Å². The molecule has 0 spiro atoms. The largest absolute Gasteiger partial charge is 0.381 e. The quantitative estimate of drug-likeness (QED) is 0.639. The van der Waals surface area contributed by atoms with Crippen LogP contribution in [0.2, 0.25) is 0 Å². The first-order chi connectivity index (χ1) is 7.63. The van der Waals surface area contributed by atoms with Crippen molar-refractivity contribution in [3.63, 3.8) is 0 Å². The number of nitrogens with one attached hydrogen (secondary N) is 1. The summed E-state index contributed by atoms with van der Waals surface area (Å²) in [5.41, 5.74) is 5.28. The summed E-state index contributed by atoms with van der Waals surface area (Å²) < 4.78 is 5.43. The van der Waals surface area contributed by atoms with Crippen LogP contribution in [0.3, 0.4) is 0 Å². The van der Waals surface area contributed by atoms with Gasteiger partial charge in [0.15, 0.2) is 0 Å². The van der Waals surface area contributed by atoms with Crippen LogP contribution in [-0.4, -0.2) is 57.2 Å². The lowest BCUT2D eigenvalue weighted by atomic mass is 10.0. The molecule has 1 rings (SSSR count). The highest BCUT2D eigenvalue weighted by atomic mass is 16.5. The minimum absolute atomic E-state index is 0.269. The third kappa shape index (κ3) is 4.47. The molecule has 3 N–H and O–H groups in total. The molecular formula is C11H23N3O2. The van der Waals surface area contributed by atoms with Crippen LogP contribution in [0.1, 0.15) is 12.8 Å². The van der Waals surface area contributed by atoms with Crippen molar-refractivity contribution in [3.05, 3.63) is 0 Å². The van der Waals surface area contributed by atoms with Gasteiger partial charge in [-0.2, -0.15) is 0 Å². The van der Waals surface area contributed by atoms with Crippen molar-refractivity contribution in [1.82, 2.24) is 10.2 Å². The molecule has 0 bridgehead atoms. The average Bonchev–Trinajstić information content (AvgIpc) is 2.27. The Balaban J connectivity index is 2.27. The summed E-state index contributed by atoms with van der Waals surface area (Å²) in [6.07, 6.45) is 2.36. The molecule has 1 heterocycles. The Kier molecular flexibility index (Phi) is 5.73. The van der Waals surface area contributed by atoms with Gasteiger partial charge in [-0.15, -0.1) is 0 Å². The van der Waals surface area contributed by atoms with Crippen molar-refractivity contribution in [2.75, 3.05) is 40.4 Å². The topological polar surface area (TPSA) is 67.6 Å². The Bertz CT molecular complexity index is 217. The highest BCUT2D eigenvalue weighted by Gasteiger charge is 2.19. The van der Waals surface area contributed by atoms with Gasteiger partial charge in [0, 0.05) is 19.7 Å². The number of carbonyl (C=O) groups is 1. The predicted octanol–water partition coefficient (Wildman–Crippen LogP) is -0.582. The fourth-order valence-corrected chi connectivity index (χ4v) is 2.10. The number of ether oxygens (including phenoxy) is 1. The van der Waals surface area contributed by atoms with E-state index in [1.54, 1.807) is 7.05 Å². The monoisotopic (exact) mass is 229 g/mol. The van der Waals surface area contributed by atoms with E-state index in [1.807, 2.05) is 7.05 Å². The molecule has 1 fully saturated rings. The summed E-state index contributed by atoms with van der Waals surface area (Å²) in [5, 5.41) is 2.92. The van der Waals surface area contributed by atoms with Crippen LogP contribution in [0.5, 0.6) is 0 Å². The number of amides is 1. The zero-order chi connectivity index (χ0) is 12.0. The maximum Gasteiger partial charge on any atom is 0.235 e. The fourth-order valence-electron chi connectivity index (χ4n) is 2.10. The molecule has 2 unspecified atom stereocenters. The first-order valence-electron chi connectivity index (χ1n) is 5.86. The molecular weight excluding hydrogens is 206 g/mol. The molecule has 1 aliphatic rings. The number of hydrogen-bond acceptors (Lipinski definition) is 4. The van der Waals surface area contributed by atoms with Gasteiger partial charge < -0.3 is 20.7 Å². The fraction of sp³-hybridized carbons (Fsp3) is 0.909. The molecule has 1 amide bonds. The van der Waals surface area contributed by atoms with E-state index in [0.717, 1.165) is 26.2 Å². The van der Waals surface area contributed by atoms with Crippen molar-refractivity contribution in [1.29, 1.82) is 0 Å². The van der Waals surface area contributed by atoms with Gasteiger partial charge in [-0.25, -0.2) is 0 Å². The maximum atomic E-state index is 11.1. The molecule has 1 aliphatic heterocycles. The Morgan fingerprint density at radius 2 is 2.44 bits per heavy atom. The summed E-state index contributed by atoms with van der Waals surface area (Å²) in [4.78, 5) is 13.2. The van der Waals surface area contributed by atoms with Crippen LogP contribution < -0.4 is 11.1 Å². The van der Waals surface area contributed by atoms with E-state index in [9.17, 15) is 4.79 Å². The first kappa shape index (κ1) is 13.4. The summed E-state index contributed by atoms with van der Waals surface area (Å²) in [7, 11) is 3.77. The Morgan fingerprint density at radius 1 is 1.69 bits per heavy atom. The lowest BCUT2D eigenvalue weighted by molar-refractivity contribution is -0.120. The zero-order valence-electron chi connectivity index (χ0n) is 10.2. The van der Waals surface area contributed by atoms with E-state index in [0.29, 0.717) is 12.5 Å². The highest BCUT2D eigenvalue weighted by Crippen LogP contribution is 2.14. The first-order valence-corrected chi connectivity index (χ1v) is 5.86. The van der Waals surface area contributed by atoms with Crippen LogP contribution in [-0.2, 0) is 9.53 Å². The molecule has 0 aliphatic carbocycles. The summed E-state index contributed by atoms with van der Waals surface area (Å²) in [6.45, 7) is 3.35. The van der Waals surface area contributed by atoms with E-state index in [2.05, 4.69) is 10.2 Å². The van der Waals surface area contributed by atoms with Crippen LogP contribution in [0.15, 0.2) is 0 Å². The average molecular weight is 229 g/mol. The molecule has 0 radical (unpaired) electrons. The molecule has 0 aromatic carbocycles. The summed E-state index contributed by atoms with van der Waals surface area (Å²) in [5.74, 6) is 0.290. The lowest BCUT2D eigenvalue weighted by Crippen LogP contribution is -2.48. The second kappa shape index (κ2) is 6.83. The second-order valence-corrected chi connectivity index (χ2v) is 4.55. The third-order valence-corrected chi connectivity index (χ3v) is 3.01. The van der Waals surface area contributed by atoms with Gasteiger partial charge in [0.05, 0.1) is 12.6 Å². The van der Waals surface area contributed by atoms with Crippen molar-refractivity contribution in [2.45, 2.75) is 18.9 Å². The van der Waals surface area contributed by atoms with Crippen LogP contribution >= 0.6 is 0 Å². The van der Waals surface area contributed by atoms with E-state index < -0.39 is 0 Å². The Labute approximate surface area is 97.3 Å². The summed E-state index contributed by atoms with van der Waals surface area (Å²) >= 11 is 0. The molecule has 0 aromatic rings. The van der Waals surface area contributed by atoms with Gasteiger partial charge in [-0.1, -0.05) is 0 Å². The number of likely N-dealkylation sites (N-methyl/N-ethyl adjacent to an activating group) is 2. The number of rotatable bonds is 6. The number of nitrogens with two attached hydrogens (primary N) is 1. The number of nitrogens with zero attached hydrogens (tertiary/aromatic N) is 1. The molecule has 1 saturated heterocycles. The van der Waals surface area contributed by atoms with Gasteiger partial charge in [0.1, 0.15) is 0 Å². The number of carbonyl (C=O) groups excluding carboxylic acids is 1. The SMILES string of the molecule is CNC(CN(C)CC1CCCOC1)C(N)=O. The molecule has 0 aromatic heterocycles. The van der Waals surface area contributed by atoms with Gasteiger partial charge in [0.25, 0.3) is 0 Å². The minimum atomic E-state index is -0.297. The Morgan fingerprint density at radius 3 is 2.94 bits per heavy atom. The zero-order valence-corrected chi connectivity index (χ0v) is 10.2. The van der Waals surface area contributed by atoms with E-state index >= 15 is 0 Å². The number of hydrogen-bond donors (Lipinski definition) is 2. The van der Waals surface area contributed by atoms with Crippen molar-refractivity contribution in [3.8, 4) is 0 Å². The van der Waals surface area contributed by atoms with E-state index in [-0.39, 0.29) is 11.9 Å². The highest BCUT2D eigenvalue weighted by molar-refractivity contribution is 5.80. The van der Waals surface area contributed by atoms with E-state index in [1.165, 1.54) is 6.42 Å². The van der Waals surface area contributed by atoms with Crippen molar-refractivity contribution in [2.24, 2.45) is 11.7 Å². The lowest BCUT2D eigenvalue weighted by Gasteiger charge is -2.28. The van der Waals surface area contributed by atoms with Crippen molar-refractivity contribution >= 4 is 5.91 Å². The van der Waals surface area contributed by atoms with Crippen molar-refractivity contribution < 1.29 is 9.53 Å². The van der Waals surface area contributed by atoms with Crippen LogP contribution in [0.25, 0.3) is 0 Å². The molecule has 2 atom stereocenters. The van der Waals surface area contributed by atoms with Crippen LogP contribution in [0.4, 0.5) is 0 Å². The summed E-state index contributed by atoms with van der Waals surface area (Å²) in [6, 6.07) is -0.269. The smallest absolute Gasteiger partial charge is 0.235 e. The standard InChI is InChI=1S/C11H23N3O2/c1-13-10(11(12)15)7-14(2)6-9-4-3-5-16-8-9/h9-10,13H,3-8H2,1-2H3,(H2,12,15). The predicted molar refractivity (Wildman–Crippen MR) is 63.1 cm³/mol. The molecule has 16 heavy (non-hydrogen) atoms. The molecule has 5 nitrogen and oxygen atoms in total. The minimum Gasteiger partial charge on any atom is -0.381 e. The normalized spacial score (nSPS) is 23.3. The van der Waals surface area contributed by atoms with Gasteiger partial charge in [-0.3, -0.25) is 4.79 Å². The molecule has 94 valence electrons. The maximum absolute atomic E-state index is 11.1.